The van der Waals surface area contributed by atoms with E-state index in [1.54, 1.807) is 18.3 Å². The van der Waals surface area contributed by atoms with Crippen LogP contribution < -0.4 is 5.32 Å². The maximum absolute atomic E-state index is 12.7. The number of nitrogens with one attached hydrogen (secondary N) is 1. The van der Waals surface area contributed by atoms with Gasteiger partial charge in [0.25, 0.3) is 0 Å². The van der Waals surface area contributed by atoms with E-state index in [9.17, 15) is 13.2 Å². The fraction of sp³-hybridized carbons (Fsp3) is 0.167. The molecule has 0 amide bonds. The molecule has 0 saturated heterocycles. The lowest BCUT2D eigenvalue weighted by atomic mass is 10.1. The van der Waals surface area contributed by atoms with Crippen LogP contribution in [0.2, 0.25) is 5.02 Å². The fourth-order valence-corrected chi connectivity index (χ4v) is 1.94. The molecule has 0 atom stereocenters. The number of benzene rings is 1. The van der Waals surface area contributed by atoms with Gasteiger partial charge in [0.1, 0.15) is 0 Å². The summed E-state index contributed by atoms with van der Waals surface area (Å²) in [7, 11) is 0. The first-order chi connectivity index (χ1) is 8.00. The quantitative estimate of drug-likeness (QED) is 0.797. The highest BCUT2D eigenvalue weighted by atomic mass is 35.5. The van der Waals surface area contributed by atoms with Gasteiger partial charge in [0, 0.05) is 11.3 Å². The first-order valence-electron chi connectivity index (χ1n) is 4.98. The standard InChI is InChI=1S/C12H9ClF3N/c13-11-8(10-6-1-2-7-17-10)4-3-5-9(11)12(14,15)16/h2-7,17H,1H2. The molecule has 0 bridgehead atoms. The van der Waals surface area contributed by atoms with Gasteiger partial charge in [-0.15, -0.1) is 0 Å². The van der Waals surface area contributed by atoms with Crippen molar-refractivity contribution in [2.75, 3.05) is 0 Å². The van der Waals surface area contributed by atoms with E-state index in [0.29, 0.717) is 17.7 Å². The van der Waals surface area contributed by atoms with Crippen LogP contribution in [0, 0.1) is 0 Å². The van der Waals surface area contributed by atoms with Crippen molar-refractivity contribution in [2.45, 2.75) is 12.6 Å². The van der Waals surface area contributed by atoms with Crippen LogP contribution >= 0.6 is 11.6 Å². The average molecular weight is 260 g/mol. The first-order valence-corrected chi connectivity index (χ1v) is 5.36. The zero-order valence-electron chi connectivity index (χ0n) is 8.68. The summed E-state index contributed by atoms with van der Waals surface area (Å²) in [4.78, 5) is 0. The molecule has 1 aromatic carbocycles. The molecule has 1 aromatic rings. The summed E-state index contributed by atoms with van der Waals surface area (Å²) in [6.45, 7) is 0. The monoisotopic (exact) mass is 259 g/mol. The van der Waals surface area contributed by atoms with E-state index < -0.39 is 11.7 Å². The van der Waals surface area contributed by atoms with Gasteiger partial charge in [0.05, 0.1) is 10.6 Å². The van der Waals surface area contributed by atoms with Crippen molar-refractivity contribution in [3.05, 3.63) is 52.7 Å². The SMILES string of the molecule is FC(F)(F)c1cccc(C2=CCC=CN2)c1Cl. The molecular weight excluding hydrogens is 251 g/mol. The number of dihydropyridines is 1. The predicted molar refractivity (Wildman–Crippen MR) is 61.3 cm³/mol. The van der Waals surface area contributed by atoms with Crippen molar-refractivity contribution in [3.63, 3.8) is 0 Å². The minimum Gasteiger partial charge on any atom is -0.362 e. The van der Waals surface area contributed by atoms with Crippen LogP contribution in [0.5, 0.6) is 0 Å². The summed E-state index contributed by atoms with van der Waals surface area (Å²) in [5.41, 5.74) is 0.156. The average Bonchev–Trinajstić information content (AvgIpc) is 2.29. The van der Waals surface area contributed by atoms with Crippen molar-refractivity contribution >= 4 is 17.3 Å². The minimum atomic E-state index is -4.43. The lowest BCUT2D eigenvalue weighted by molar-refractivity contribution is -0.137. The third kappa shape index (κ3) is 2.47. The molecule has 1 aliphatic heterocycles. The van der Waals surface area contributed by atoms with Crippen LogP contribution in [0.1, 0.15) is 17.5 Å². The second kappa shape index (κ2) is 4.45. The molecule has 0 radical (unpaired) electrons. The van der Waals surface area contributed by atoms with E-state index in [1.165, 1.54) is 6.07 Å². The Bertz CT molecular complexity index is 489. The van der Waals surface area contributed by atoms with Gasteiger partial charge < -0.3 is 5.32 Å². The van der Waals surface area contributed by atoms with Gasteiger partial charge in [-0.05, 0) is 18.7 Å². The van der Waals surface area contributed by atoms with Gasteiger partial charge in [-0.2, -0.15) is 13.2 Å². The summed E-state index contributed by atoms with van der Waals surface area (Å²) in [5.74, 6) is 0. The maximum atomic E-state index is 12.7. The number of halogens is 4. The first kappa shape index (κ1) is 12.0. The Balaban J connectivity index is 2.46. The number of rotatable bonds is 1. The Labute approximate surface area is 102 Å². The molecule has 1 aliphatic rings. The third-order valence-electron chi connectivity index (χ3n) is 2.41. The molecule has 0 spiro atoms. The predicted octanol–water partition coefficient (Wildman–Crippen LogP) is 4.21. The van der Waals surface area contributed by atoms with Crippen molar-refractivity contribution < 1.29 is 13.2 Å². The smallest absolute Gasteiger partial charge is 0.362 e. The number of hydrogen-bond acceptors (Lipinski definition) is 1. The molecular formula is C12H9ClF3N. The molecule has 90 valence electrons. The molecule has 1 N–H and O–H groups in total. The van der Waals surface area contributed by atoms with E-state index in [2.05, 4.69) is 5.32 Å². The van der Waals surface area contributed by atoms with Gasteiger partial charge in [-0.25, -0.2) is 0 Å². The van der Waals surface area contributed by atoms with Crippen LogP contribution in [-0.4, -0.2) is 0 Å². The van der Waals surface area contributed by atoms with Crippen LogP contribution in [-0.2, 0) is 6.18 Å². The molecule has 0 unspecified atom stereocenters. The highest BCUT2D eigenvalue weighted by Gasteiger charge is 2.34. The van der Waals surface area contributed by atoms with Gasteiger partial charge in [-0.1, -0.05) is 35.9 Å². The van der Waals surface area contributed by atoms with Crippen molar-refractivity contribution in [2.24, 2.45) is 0 Å². The maximum Gasteiger partial charge on any atom is 0.417 e. The second-order valence-electron chi connectivity index (χ2n) is 3.57. The number of hydrogen-bond donors (Lipinski definition) is 1. The van der Waals surface area contributed by atoms with Crippen molar-refractivity contribution in [1.82, 2.24) is 5.32 Å². The molecule has 2 rings (SSSR count). The Morgan fingerprint density at radius 1 is 1.24 bits per heavy atom. The molecule has 0 saturated carbocycles. The molecule has 0 fully saturated rings. The van der Waals surface area contributed by atoms with Gasteiger partial charge in [-0.3, -0.25) is 0 Å². The zero-order valence-corrected chi connectivity index (χ0v) is 9.44. The zero-order chi connectivity index (χ0) is 12.5. The highest BCUT2D eigenvalue weighted by Crippen LogP contribution is 2.38. The van der Waals surface area contributed by atoms with Crippen molar-refractivity contribution in [1.29, 1.82) is 0 Å². The van der Waals surface area contributed by atoms with E-state index >= 15 is 0 Å². The number of allylic oxidation sites excluding steroid dienone is 2. The topological polar surface area (TPSA) is 12.0 Å². The van der Waals surface area contributed by atoms with Crippen LogP contribution in [0.15, 0.2) is 36.6 Å². The van der Waals surface area contributed by atoms with Crippen LogP contribution in [0.3, 0.4) is 0 Å². The normalized spacial score (nSPS) is 15.4. The van der Waals surface area contributed by atoms with Gasteiger partial charge in [0.2, 0.25) is 0 Å². The Morgan fingerprint density at radius 3 is 2.59 bits per heavy atom. The third-order valence-corrected chi connectivity index (χ3v) is 2.82. The summed E-state index contributed by atoms with van der Waals surface area (Å²) in [6.07, 6.45) is 1.59. The minimum absolute atomic E-state index is 0.269. The summed E-state index contributed by atoms with van der Waals surface area (Å²) >= 11 is 5.80. The van der Waals surface area contributed by atoms with Crippen LogP contribution in [0.4, 0.5) is 13.2 Å². The van der Waals surface area contributed by atoms with E-state index in [0.717, 1.165) is 6.07 Å². The largest absolute Gasteiger partial charge is 0.417 e. The van der Waals surface area contributed by atoms with Crippen LogP contribution in [0.25, 0.3) is 5.70 Å². The molecule has 17 heavy (non-hydrogen) atoms. The second-order valence-corrected chi connectivity index (χ2v) is 3.94. The summed E-state index contributed by atoms with van der Waals surface area (Å²) < 4.78 is 38.0. The highest BCUT2D eigenvalue weighted by molar-refractivity contribution is 6.33. The summed E-state index contributed by atoms with van der Waals surface area (Å²) in [6, 6.07) is 3.89. The van der Waals surface area contributed by atoms with E-state index in [4.69, 9.17) is 11.6 Å². The van der Waals surface area contributed by atoms with E-state index in [-0.39, 0.29) is 5.02 Å². The Kier molecular flexibility index (Phi) is 3.15. The van der Waals surface area contributed by atoms with E-state index in [1.807, 2.05) is 6.08 Å². The number of alkyl halides is 3. The molecule has 1 nitrogen and oxygen atoms in total. The van der Waals surface area contributed by atoms with Crippen molar-refractivity contribution in [3.8, 4) is 0 Å². The Hall–Kier alpha value is -1.42. The molecule has 0 aromatic heterocycles. The molecule has 1 heterocycles. The van der Waals surface area contributed by atoms with Gasteiger partial charge in [0.15, 0.2) is 0 Å². The Morgan fingerprint density at radius 2 is 2.00 bits per heavy atom. The lowest BCUT2D eigenvalue weighted by Gasteiger charge is -2.16. The fourth-order valence-electron chi connectivity index (χ4n) is 1.61. The lowest BCUT2D eigenvalue weighted by Crippen LogP contribution is -2.11. The molecule has 0 aliphatic carbocycles. The van der Waals surface area contributed by atoms with Gasteiger partial charge >= 0.3 is 6.18 Å². The summed E-state index contributed by atoms with van der Waals surface area (Å²) in [5, 5.41) is 2.61. The molecule has 5 heteroatoms.